The summed E-state index contributed by atoms with van der Waals surface area (Å²) in [6.45, 7) is 2.00. The Kier molecular flexibility index (Phi) is 4.93. The van der Waals surface area contributed by atoms with E-state index in [0.717, 1.165) is 33.8 Å². The Balaban J connectivity index is 2.19. The van der Waals surface area contributed by atoms with Crippen LogP contribution in [0.15, 0.2) is 54.9 Å². The molecule has 0 bridgehead atoms. The van der Waals surface area contributed by atoms with Crippen LogP contribution in [0.2, 0.25) is 10.0 Å². The van der Waals surface area contributed by atoms with Crippen LogP contribution in [0.5, 0.6) is 5.75 Å². The van der Waals surface area contributed by atoms with Gasteiger partial charge in [-0.25, -0.2) is 0 Å². The van der Waals surface area contributed by atoms with E-state index in [1.165, 1.54) is 0 Å². The quantitative estimate of drug-likeness (QED) is 0.610. The minimum atomic E-state index is 0.629. The van der Waals surface area contributed by atoms with Crippen molar-refractivity contribution in [1.82, 2.24) is 4.98 Å². The van der Waals surface area contributed by atoms with E-state index in [9.17, 15) is 0 Å². The molecule has 122 valence electrons. The predicted octanol–water partition coefficient (Wildman–Crippen LogP) is 6.12. The van der Waals surface area contributed by atoms with Crippen LogP contribution >= 0.6 is 23.2 Å². The van der Waals surface area contributed by atoms with E-state index in [0.29, 0.717) is 10.0 Å². The number of rotatable bonds is 4. The molecule has 3 rings (SSSR count). The number of methoxy groups -OCH3 is 1. The van der Waals surface area contributed by atoms with Gasteiger partial charge >= 0.3 is 0 Å². The fourth-order valence-corrected chi connectivity index (χ4v) is 3.05. The fraction of sp³-hybridized carbons (Fsp3) is 0.105. The van der Waals surface area contributed by atoms with Crippen molar-refractivity contribution in [2.24, 2.45) is 0 Å². The number of ether oxygens (including phenoxy) is 1. The number of halogens is 2. The van der Waals surface area contributed by atoms with Gasteiger partial charge in [-0.1, -0.05) is 23.2 Å². The molecule has 0 saturated heterocycles. The zero-order valence-electron chi connectivity index (χ0n) is 13.3. The van der Waals surface area contributed by atoms with Crippen LogP contribution in [-0.2, 0) is 0 Å². The average molecular weight is 359 g/mol. The van der Waals surface area contributed by atoms with Gasteiger partial charge in [0.2, 0.25) is 0 Å². The highest BCUT2D eigenvalue weighted by Crippen LogP contribution is 2.42. The highest BCUT2D eigenvalue weighted by atomic mass is 35.5. The molecule has 3 nitrogen and oxygen atoms in total. The highest BCUT2D eigenvalue weighted by Gasteiger charge is 2.15. The van der Waals surface area contributed by atoms with Gasteiger partial charge in [0, 0.05) is 34.2 Å². The molecule has 0 fully saturated rings. The number of anilines is 2. The first-order chi connectivity index (χ1) is 11.6. The third kappa shape index (κ3) is 3.48. The normalized spacial score (nSPS) is 10.5. The summed E-state index contributed by atoms with van der Waals surface area (Å²) in [4.78, 5) is 4.03. The Bertz CT molecular complexity index is 867. The van der Waals surface area contributed by atoms with Gasteiger partial charge in [-0.05, 0) is 55.0 Å². The Morgan fingerprint density at radius 3 is 2.42 bits per heavy atom. The summed E-state index contributed by atoms with van der Waals surface area (Å²) >= 11 is 12.7. The molecule has 0 unspecified atom stereocenters. The summed E-state index contributed by atoms with van der Waals surface area (Å²) < 4.78 is 5.50. The van der Waals surface area contributed by atoms with Gasteiger partial charge in [-0.2, -0.15) is 0 Å². The van der Waals surface area contributed by atoms with Gasteiger partial charge in [0.25, 0.3) is 0 Å². The first-order valence-corrected chi connectivity index (χ1v) is 8.15. The largest absolute Gasteiger partial charge is 0.496 e. The maximum atomic E-state index is 6.52. The van der Waals surface area contributed by atoms with Crippen molar-refractivity contribution in [3.63, 3.8) is 0 Å². The summed E-state index contributed by atoms with van der Waals surface area (Å²) in [6.07, 6.45) is 3.45. The van der Waals surface area contributed by atoms with Crippen LogP contribution in [0.25, 0.3) is 11.1 Å². The molecule has 1 aromatic heterocycles. The molecule has 0 radical (unpaired) electrons. The van der Waals surface area contributed by atoms with Crippen molar-refractivity contribution in [2.75, 3.05) is 12.4 Å². The van der Waals surface area contributed by atoms with Gasteiger partial charge in [0.05, 0.1) is 17.8 Å². The molecule has 1 heterocycles. The molecule has 0 spiro atoms. The predicted molar refractivity (Wildman–Crippen MR) is 101 cm³/mol. The van der Waals surface area contributed by atoms with E-state index in [4.69, 9.17) is 27.9 Å². The summed E-state index contributed by atoms with van der Waals surface area (Å²) in [5.41, 5.74) is 4.56. The number of hydrogen-bond donors (Lipinski definition) is 1. The van der Waals surface area contributed by atoms with Gasteiger partial charge in [0.15, 0.2) is 0 Å². The Morgan fingerprint density at radius 1 is 0.958 bits per heavy atom. The number of aromatic nitrogens is 1. The van der Waals surface area contributed by atoms with E-state index in [2.05, 4.69) is 16.4 Å². The lowest BCUT2D eigenvalue weighted by Crippen LogP contribution is -1.97. The smallest absolute Gasteiger partial charge is 0.126 e. The molecule has 1 N–H and O–H groups in total. The number of nitrogens with zero attached hydrogens (tertiary/aromatic N) is 1. The molecule has 0 aliphatic rings. The Hall–Kier alpha value is -2.23. The minimum absolute atomic E-state index is 0.629. The van der Waals surface area contributed by atoms with Gasteiger partial charge < -0.3 is 10.1 Å². The molecule has 2 aromatic carbocycles. The van der Waals surface area contributed by atoms with Crippen LogP contribution in [0, 0.1) is 6.92 Å². The molecule has 0 aliphatic heterocycles. The second-order valence-corrected chi connectivity index (χ2v) is 6.22. The van der Waals surface area contributed by atoms with E-state index < -0.39 is 0 Å². The van der Waals surface area contributed by atoms with Crippen LogP contribution < -0.4 is 10.1 Å². The minimum Gasteiger partial charge on any atom is -0.496 e. The van der Waals surface area contributed by atoms with Crippen molar-refractivity contribution in [3.05, 3.63) is 70.5 Å². The molecule has 0 atom stereocenters. The Morgan fingerprint density at radius 2 is 1.71 bits per heavy atom. The zero-order valence-corrected chi connectivity index (χ0v) is 14.8. The van der Waals surface area contributed by atoms with Crippen molar-refractivity contribution in [2.45, 2.75) is 6.92 Å². The number of hydrogen-bond acceptors (Lipinski definition) is 3. The van der Waals surface area contributed by atoms with Crippen LogP contribution in [0.1, 0.15) is 5.56 Å². The lowest BCUT2D eigenvalue weighted by Gasteiger charge is -2.17. The Labute approximate surface area is 151 Å². The molecular weight excluding hydrogens is 343 g/mol. The maximum Gasteiger partial charge on any atom is 0.126 e. The molecule has 24 heavy (non-hydrogen) atoms. The second-order valence-electron chi connectivity index (χ2n) is 5.37. The zero-order chi connectivity index (χ0) is 17.1. The van der Waals surface area contributed by atoms with Crippen molar-refractivity contribution < 1.29 is 4.74 Å². The number of pyridine rings is 1. The first-order valence-electron chi connectivity index (χ1n) is 7.39. The standard InChI is InChI=1S/C19H16Cl2N2O/c1-12-9-16(15-11-13(20)3-4-18(15)24-2)19(17(21)10-12)23-14-5-7-22-8-6-14/h3-11H,1-2H3,(H,22,23). The lowest BCUT2D eigenvalue weighted by molar-refractivity contribution is 0.416. The molecule has 0 amide bonds. The molecule has 3 aromatic rings. The van der Waals surface area contributed by atoms with Crippen molar-refractivity contribution >= 4 is 34.6 Å². The monoisotopic (exact) mass is 358 g/mol. The highest BCUT2D eigenvalue weighted by molar-refractivity contribution is 6.34. The third-order valence-electron chi connectivity index (χ3n) is 3.64. The van der Waals surface area contributed by atoms with Crippen LogP contribution in [0.3, 0.4) is 0 Å². The van der Waals surface area contributed by atoms with Crippen molar-refractivity contribution in [1.29, 1.82) is 0 Å². The summed E-state index contributed by atoms with van der Waals surface area (Å²) in [7, 11) is 1.64. The summed E-state index contributed by atoms with van der Waals surface area (Å²) in [5.74, 6) is 0.735. The third-order valence-corrected chi connectivity index (χ3v) is 4.17. The average Bonchev–Trinajstić information content (AvgIpc) is 2.58. The summed E-state index contributed by atoms with van der Waals surface area (Å²) in [6, 6.07) is 13.3. The fourth-order valence-electron chi connectivity index (χ4n) is 2.55. The van der Waals surface area contributed by atoms with E-state index >= 15 is 0 Å². The SMILES string of the molecule is COc1ccc(Cl)cc1-c1cc(C)cc(Cl)c1Nc1ccncc1. The second kappa shape index (κ2) is 7.12. The number of nitrogens with one attached hydrogen (secondary N) is 1. The summed E-state index contributed by atoms with van der Waals surface area (Å²) in [5, 5.41) is 4.63. The maximum absolute atomic E-state index is 6.52. The number of benzene rings is 2. The topological polar surface area (TPSA) is 34.1 Å². The van der Waals surface area contributed by atoms with E-state index in [1.54, 1.807) is 25.6 Å². The van der Waals surface area contributed by atoms with Crippen LogP contribution in [-0.4, -0.2) is 12.1 Å². The van der Waals surface area contributed by atoms with Crippen LogP contribution in [0.4, 0.5) is 11.4 Å². The van der Waals surface area contributed by atoms with Gasteiger partial charge in [-0.3, -0.25) is 4.98 Å². The molecule has 0 aliphatic carbocycles. The van der Waals surface area contributed by atoms with Gasteiger partial charge in [0.1, 0.15) is 5.75 Å². The first kappa shape index (κ1) is 16.6. The van der Waals surface area contributed by atoms with Crippen molar-refractivity contribution in [3.8, 4) is 16.9 Å². The molecule has 0 saturated carbocycles. The van der Waals surface area contributed by atoms with Gasteiger partial charge in [-0.15, -0.1) is 0 Å². The van der Waals surface area contributed by atoms with E-state index in [1.807, 2.05) is 37.3 Å². The number of aryl methyl sites for hydroxylation is 1. The van der Waals surface area contributed by atoms with E-state index in [-0.39, 0.29) is 0 Å². The molecule has 5 heteroatoms. The lowest BCUT2D eigenvalue weighted by atomic mass is 10.00. The molecular formula is C19H16Cl2N2O.